The minimum atomic E-state index is -4.64. The van der Waals surface area contributed by atoms with Crippen molar-refractivity contribution in [2.45, 2.75) is 75.1 Å². The van der Waals surface area contributed by atoms with Crippen LogP contribution >= 0.6 is 11.3 Å². The Morgan fingerprint density at radius 2 is 1.72 bits per heavy atom. The van der Waals surface area contributed by atoms with Crippen LogP contribution in [0.25, 0.3) is 21.6 Å². The number of alkyl halides is 3. The molecule has 0 radical (unpaired) electrons. The van der Waals surface area contributed by atoms with Gasteiger partial charge in [-0.05, 0) is 75.8 Å². The second-order valence-electron chi connectivity index (χ2n) is 10.5. The van der Waals surface area contributed by atoms with Crippen molar-refractivity contribution < 1.29 is 31.1 Å². The lowest BCUT2D eigenvalue weighted by molar-refractivity contribution is -0.141. The molecule has 1 amide bonds. The van der Waals surface area contributed by atoms with Crippen molar-refractivity contribution in [2.24, 2.45) is 5.73 Å². The number of benzene rings is 1. The summed E-state index contributed by atoms with van der Waals surface area (Å²) in [5.74, 6) is 0.126. The third kappa shape index (κ3) is 7.14. The van der Waals surface area contributed by atoms with Gasteiger partial charge in [-0.25, -0.2) is 22.9 Å². The number of hydrogen-bond donors (Lipinski definition) is 2. The molecule has 1 saturated carbocycles. The van der Waals surface area contributed by atoms with Gasteiger partial charge in [0.2, 0.25) is 10.0 Å². The standard InChI is InChI=1S/C26H29F3N4O4S2/c1-25(2,3)33-39(35,36)21-12-16(17-10-11-31-22(13-17)26(27,28)29)6-9-19(21)20-14-32-23(38-20)15-4-7-18(8-5-15)37-24(30)34/h6,9-15,18,33H,4-5,7-8H2,1-3H3,(H2,30,34). The number of aromatic nitrogens is 2. The van der Waals surface area contributed by atoms with Crippen LogP contribution in [0.5, 0.6) is 0 Å². The highest BCUT2D eigenvalue weighted by Gasteiger charge is 2.33. The van der Waals surface area contributed by atoms with E-state index in [-0.39, 0.29) is 22.5 Å². The van der Waals surface area contributed by atoms with E-state index in [4.69, 9.17) is 10.5 Å². The second-order valence-corrected chi connectivity index (χ2v) is 13.2. The SMILES string of the molecule is CC(C)(C)NS(=O)(=O)c1cc(-c2ccnc(C(F)(F)F)c2)ccc1-c1cnc(C2CCC(OC(N)=O)CC2)s1. The van der Waals surface area contributed by atoms with Gasteiger partial charge in [-0.15, -0.1) is 11.3 Å². The van der Waals surface area contributed by atoms with Crippen LogP contribution in [0.3, 0.4) is 0 Å². The zero-order valence-corrected chi connectivity index (χ0v) is 23.2. The molecule has 2 heterocycles. The number of carbonyl (C=O) groups excluding carboxylic acids is 1. The third-order valence-corrected chi connectivity index (χ3v) is 9.18. The number of ether oxygens (including phenoxy) is 1. The highest BCUT2D eigenvalue weighted by Crippen LogP contribution is 2.41. The molecular formula is C26H29F3N4O4S2. The molecule has 2 aromatic heterocycles. The zero-order valence-electron chi connectivity index (χ0n) is 21.6. The first kappa shape index (κ1) is 29.0. The van der Waals surface area contributed by atoms with Crippen molar-refractivity contribution >= 4 is 27.5 Å². The van der Waals surface area contributed by atoms with Crippen LogP contribution in [0, 0.1) is 0 Å². The summed E-state index contributed by atoms with van der Waals surface area (Å²) in [6.45, 7) is 5.11. The number of rotatable bonds is 6. The summed E-state index contributed by atoms with van der Waals surface area (Å²) in [6, 6.07) is 6.86. The molecule has 0 bridgehead atoms. The fraction of sp³-hybridized carbons (Fsp3) is 0.423. The molecule has 0 saturated heterocycles. The lowest BCUT2D eigenvalue weighted by atomic mass is 9.88. The van der Waals surface area contributed by atoms with Crippen molar-refractivity contribution in [3.63, 3.8) is 0 Å². The smallest absolute Gasteiger partial charge is 0.433 e. The molecule has 1 aromatic carbocycles. The normalized spacial score (nSPS) is 18.6. The van der Waals surface area contributed by atoms with Crippen molar-refractivity contribution in [3.8, 4) is 21.6 Å². The Labute approximate surface area is 228 Å². The first-order valence-electron chi connectivity index (χ1n) is 12.3. The Morgan fingerprint density at radius 3 is 2.33 bits per heavy atom. The van der Waals surface area contributed by atoms with E-state index in [9.17, 15) is 26.4 Å². The van der Waals surface area contributed by atoms with Crippen LogP contribution in [0.15, 0.2) is 47.6 Å². The molecule has 13 heteroatoms. The van der Waals surface area contributed by atoms with E-state index in [1.54, 1.807) is 39.1 Å². The fourth-order valence-corrected chi connectivity index (χ4v) is 7.40. The van der Waals surface area contributed by atoms with E-state index in [0.29, 0.717) is 28.8 Å². The quantitative estimate of drug-likeness (QED) is 0.363. The maximum atomic E-state index is 13.5. The Morgan fingerprint density at radius 1 is 1.05 bits per heavy atom. The second kappa shape index (κ2) is 10.9. The predicted octanol–water partition coefficient (Wildman–Crippen LogP) is 6.09. The summed E-state index contributed by atoms with van der Waals surface area (Å²) in [5, 5.41) is 0.836. The number of amides is 1. The summed E-state index contributed by atoms with van der Waals surface area (Å²) in [4.78, 5) is 19.5. The lowest BCUT2D eigenvalue weighted by Crippen LogP contribution is -2.40. The average Bonchev–Trinajstić information content (AvgIpc) is 3.32. The van der Waals surface area contributed by atoms with Crippen LogP contribution in [-0.2, 0) is 20.9 Å². The molecule has 0 spiro atoms. The van der Waals surface area contributed by atoms with Crippen LogP contribution in [0.4, 0.5) is 18.0 Å². The molecule has 4 rings (SSSR count). The molecule has 210 valence electrons. The number of sulfonamides is 1. The third-order valence-electron chi connectivity index (χ3n) is 6.19. The summed E-state index contributed by atoms with van der Waals surface area (Å²) in [5.41, 5.74) is 4.15. The number of nitrogens with one attached hydrogen (secondary N) is 1. The highest BCUT2D eigenvalue weighted by atomic mass is 32.2. The van der Waals surface area contributed by atoms with E-state index in [1.165, 1.54) is 23.5 Å². The highest BCUT2D eigenvalue weighted by molar-refractivity contribution is 7.89. The van der Waals surface area contributed by atoms with Crippen molar-refractivity contribution in [2.75, 3.05) is 0 Å². The number of pyridine rings is 1. The van der Waals surface area contributed by atoms with Gasteiger partial charge >= 0.3 is 12.3 Å². The Hall–Kier alpha value is -3.03. The van der Waals surface area contributed by atoms with E-state index in [2.05, 4.69) is 14.7 Å². The largest absolute Gasteiger partial charge is 0.446 e. The number of carbonyl (C=O) groups is 1. The molecule has 3 N–H and O–H groups in total. The topological polar surface area (TPSA) is 124 Å². The number of primary amides is 1. The minimum Gasteiger partial charge on any atom is -0.446 e. The summed E-state index contributed by atoms with van der Waals surface area (Å²) in [7, 11) is -4.07. The molecule has 0 unspecified atom stereocenters. The molecule has 8 nitrogen and oxygen atoms in total. The van der Waals surface area contributed by atoms with Gasteiger partial charge in [0.05, 0.1) is 14.8 Å². The molecule has 0 atom stereocenters. The van der Waals surface area contributed by atoms with E-state index < -0.39 is 33.5 Å². The van der Waals surface area contributed by atoms with E-state index in [1.807, 2.05) is 0 Å². The zero-order chi connectivity index (χ0) is 28.6. The number of halogens is 3. The van der Waals surface area contributed by atoms with Crippen LogP contribution < -0.4 is 10.5 Å². The maximum absolute atomic E-state index is 13.5. The molecule has 1 aliphatic rings. The van der Waals surface area contributed by atoms with Gasteiger partial charge in [-0.1, -0.05) is 12.1 Å². The van der Waals surface area contributed by atoms with Gasteiger partial charge in [-0.2, -0.15) is 13.2 Å². The molecule has 1 fully saturated rings. The maximum Gasteiger partial charge on any atom is 0.433 e. The minimum absolute atomic E-state index is 0.0611. The number of nitrogens with two attached hydrogens (primary N) is 1. The summed E-state index contributed by atoms with van der Waals surface area (Å²) < 4.78 is 74.5. The van der Waals surface area contributed by atoms with Crippen molar-refractivity contribution in [1.82, 2.24) is 14.7 Å². The fourth-order valence-electron chi connectivity index (χ4n) is 4.54. The van der Waals surface area contributed by atoms with E-state index in [0.717, 1.165) is 30.1 Å². The van der Waals surface area contributed by atoms with Gasteiger partial charge in [0.15, 0.2) is 0 Å². The van der Waals surface area contributed by atoms with Gasteiger partial charge in [0.1, 0.15) is 11.8 Å². The predicted molar refractivity (Wildman–Crippen MR) is 142 cm³/mol. The first-order valence-corrected chi connectivity index (χ1v) is 14.6. The summed E-state index contributed by atoms with van der Waals surface area (Å²) >= 11 is 1.37. The Balaban J connectivity index is 1.71. The summed E-state index contributed by atoms with van der Waals surface area (Å²) in [6.07, 6.45) is -0.208. The molecular weight excluding hydrogens is 553 g/mol. The van der Waals surface area contributed by atoms with Gasteiger partial charge in [-0.3, -0.25) is 4.98 Å². The molecule has 1 aliphatic carbocycles. The number of thiazole rings is 1. The molecule has 3 aromatic rings. The van der Waals surface area contributed by atoms with Gasteiger partial charge in [0, 0.05) is 29.4 Å². The van der Waals surface area contributed by atoms with Crippen LogP contribution in [0.2, 0.25) is 0 Å². The van der Waals surface area contributed by atoms with Gasteiger partial charge in [0.25, 0.3) is 0 Å². The molecule has 0 aliphatic heterocycles. The number of hydrogen-bond acceptors (Lipinski definition) is 7. The average molecular weight is 583 g/mol. The first-order chi connectivity index (χ1) is 18.1. The van der Waals surface area contributed by atoms with Crippen molar-refractivity contribution in [1.29, 1.82) is 0 Å². The Kier molecular flexibility index (Phi) is 8.06. The lowest BCUT2D eigenvalue weighted by Gasteiger charge is -2.26. The number of nitrogens with zero attached hydrogens (tertiary/aromatic N) is 2. The van der Waals surface area contributed by atoms with E-state index >= 15 is 0 Å². The Bertz CT molecular complexity index is 1460. The molecule has 39 heavy (non-hydrogen) atoms. The van der Waals surface area contributed by atoms with Gasteiger partial charge < -0.3 is 10.5 Å². The van der Waals surface area contributed by atoms with Crippen LogP contribution in [-0.4, -0.2) is 36.1 Å². The van der Waals surface area contributed by atoms with Crippen molar-refractivity contribution in [3.05, 3.63) is 53.4 Å². The monoisotopic (exact) mass is 582 g/mol. The van der Waals surface area contributed by atoms with Crippen LogP contribution in [0.1, 0.15) is 63.1 Å².